The molecule has 1 aliphatic rings. The first-order chi connectivity index (χ1) is 11.6. The molecule has 1 aromatic rings. The lowest BCUT2D eigenvalue weighted by Gasteiger charge is -2.27. The second kappa shape index (κ2) is 11.5. The first kappa shape index (κ1) is 21.9. The minimum Gasteiger partial charge on any atom is -0.489 e. The summed E-state index contributed by atoms with van der Waals surface area (Å²) in [6, 6.07) is 3.51. The summed E-state index contributed by atoms with van der Waals surface area (Å²) in [5, 5.41) is 16.0. The molecular weight excluding hydrogens is 443 g/mol. The van der Waals surface area contributed by atoms with Gasteiger partial charge in [-0.25, -0.2) is 13.8 Å². The quantitative estimate of drug-likeness (QED) is 0.260. The van der Waals surface area contributed by atoms with E-state index in [1.165, 1.54) is 6.07 Å². The summed E-state index contributed by atoms with van der Waals surface area (Å²) in [5.74, 6) is -0.647. The zero-order valence-corrected chi connectivity index (χ0v) is 16.6. The topological polar surface area (TPSA) is 65.9 Å². The van der Waals surface area contributed by atoms with Crippen molar-refractivity contribution >= 4 is 29.9 Å². The first-order valence-corrected chi connectivity index (χ1v) is 8.39. The molecule has 142 valence electrons. The van der Waals surface area contributed by atoms with Crippen molar-refractivity contribution in [3.8, 4) is 5.75 Å². The van der Waals surface area contributed by atoms with Gasteiger partial charge in [0.05, 0.1) is 12.6 Å². The Kier molecular flexibility index (Phi) is 10.0. The van der Waals surface area contributed by atoms with E-state index >= 15 is 0 Å². The Balaban J connectivity index is 0.00000312. The molecule has 0 amide bonds. The van der Waals surface area contributed by atoms with Gasteiger partial charge in [0.25, 0.3) is 0 Å². The molecule has 0 spiro atoms. The molecule has 0 unspecified atom stereocenters. The summed E-state index contributed by atoms with van der Waals surface area (Å²) in [5.41, 5.74) is 0. The average Bonchev–Trinajstić information content (AvgIpc) is 2.55. The predicted octanol–water partition coefficient (Wildman–Crippen LogP) is 2.82. The van der Waals surface area contributed by atoms with E-state index in [1.807, 2.05) is 6.92 Å². The van der Waals surface area contributed by atoms with E-state index in [9.17, 15) is 13.9 Å². The molecule has 1 aromatic carbocycles. The molecule has 25 heavy (non-hydrogen) atoms. The van der Waals surface area contributed by atoms with Crippen molar-refractivity contribution in [1.82, 2.24) is 10.6 Å². The van der Waals surface area contributed by atoms with Crippen molar-refractivity contribution in [1.29, 1.82) is 0 Å². The lowest BCUT2D eigenvalue weighted by Crippen LogP contribution is -2.45. The van der Waals surface area contributed by atoms with Crippen LogP contribution in [0.2, 0.25) is 0 Å². The maximum Gasteiger partial charge on any atom is 0.191 e. The van der Waals surface area contributed by atoms with Crippen LogP contribution in [0.15, 0.2) is 23.2 Å². The van der Waals surface area contributed by atoms with Crippen LogP contribution >= 0.6 is 24.0 Å². The Labute approximate surface area is 164 Å². The number of hydrogen-bond acceptors (Lipinski definition) is 3. The fourth-order valence-corrected chi connectivity index (χ4v) is 2.64. The highest BCUT2D eigenvalue weighted by molar-refractivity contribution is 14.0. The molecule has 1 fully saturated rings. The predicted molar refractivity (Wildman–Crippen MR) is 105 cm³/mol. The first-order valence-electron chi connectivity index (χ1n) is 8.39. The van der Waals surface area contributed by atoms with Crippen LogP contribution in [0.5, 0.6) is 5.75 Å². The third kappa shape index (κ3) is 7.72. The minimum atomic E-state index is -0.718. The molecule has 1 aliphatic carbocycles. The van der Waals surface area contributed by atoms with Gasteiger partial charge in [-0.2, -0.15) is 0 Å². The van der Waals surface area contributed by atoms with Crippen molar-refractivity contribution in [2.24, 2.45) is 4.99 Å². The number of aliphatic hydroxyl groups excluding tert-OH is 1. The number of nitrogens with zero attached hydrogens (tertiary/aromatic N) is 1. The fourth-order valence-electron chi connectivity index (χ4n) is 2.64. The minimum absolute atomic E-state index is 0. The Morgan fingerprint density at radius 3 is 2.64 bits per heavy atom. The third-order valence-electron chi connectivity index (χ3n) is 3.89. The smallest absolute Gasteiger partial charge is 0.191 e. The molecule has 1 saturated carbocycles. The number of aliphatic imine (C=N–C) groups is 1. The van der Waals surface area contributed by atoms with E-state index in [4.69, 9.17) is 4.74 Å². The van der Waals surface area contributed by atoms with Gasteiger partial charge in [-0.15, -0.1) is 24.0 Å². The van der Waals surface area contributed by atoms with Crippen molar-refractivity contribution in [2.45, 2.75) is 44.8 Å². The van der Waals surface area contributed by atoms with Crippen LogP contribution in [0.25, 0.3) is 0 Å². The summed E-state index contributed by atoms with van der Waals surface area (Å²) in [6.07, 6.45) is 3.21. The van der Waals surface area contributed by atoms with E-state index in [0.717, 1.165) is 44.4 Å². The summed E-state index contributed by atoms with van der Waals surface area (Å²) >= 11 is 0. The summed E-state index contributed by atoms with van der Waals surface area (Å²) in [6.45, 7) is 3.25. The number of halogens is 3. The standard InChI is InChI=1S/C17H25F2N3O2.HI/c1-2-20-17(22-13-4-6-14(23)7-5-13)21-9-10-24-16-8-3-12(18)11-15(16)19;/h3,8,11,13-14,23H,2,4-7,9-10H2,1H3,(H2,20,21,22);1H. The van der Waals surface area contributed by atoms with Gasteiger partial charge in [0.15, 0.2) is 17.5 Å². The van der Waals surface area contributed by atoms with Crippen LogP contribution in [0.4, 0.5) is 8.78 Å². The van der Waals surface area contributed by atoms with Crippen LogP contribution in [0.3, 0.4) is 0 Å². The molecule has 0 heterocycles. The molecule has 8 heteroatoms. The maximum absolute atomic E-state index is 13.5. The van der Waals surface area contributed by atoms with E-state index in [-0.39, 0.29) is 42.4 Å². The van der Waals surface area contributed by atoms with Gasteiger partial charge in [0, 0.05) is 18.7 Å². The van der Waals surface area contributed by atoms with Gasteiger partial charge in [-0.1, -0.05) is 0 Å². The SMILES string of the molecule is CCNC(=NCCOc1ccc(F)cc1F)NC1CCC(O)CC1.I. The van der Waals surface area contributed by atoms with Gasteiger partial charge >= 0.3 is 0 Å². The number of benzene rings is 1. The van der Waals surface area contributed by atoms with Crippen molar-refractivity contribution in [3.05, 3.63) is 29.8 Å². The van der Waals surface area contributed by atoms with Gasteiger partial charge in [0.1, 0.15) is 12.4 Å². The van der Waals surface area contributed by atoms with Crippen LogP contribution in [-0.2, 0) is 0 Å². The second-order valence-corrected chi connectivity index (χ2v) is 5.83. The summed E-state index contributed by atoms with van der Waals surface area (Å²) in [4.78, 5) is 4.40. The van der Waals surface area contributed by atoms with Crippen molar-refractivity contribution in [2.75, 3.05) is 19.7 Å². The van der Waals surface area contributed by atoms with Gasteiger partial charge in [0.2, 0.25) is 0 Å². The number of rotatable bonds is 6. The second-order valence-electron chi connectivity index (χ2n) is 5.83. The summed E-state index contributed by atoms with van der Waals surface area (Å²) in [7, 11) is 0. The van der Waals surface area contributed by atoms with Crippen molar-refractivity contribution in [3.63, 3.8) is 0 Å². The average molecular weight is 469 g/mol. The number of ether oxygens (including phenoxy) is 1. The number of hydrogen-bond donors (Lipinski definition) is 3. The molecule has 0 bridgehead atoms. The molecule has 0 aromatic heterocycles. The number of nitrogens with one attached hydrogen (secondary N) is 2. The highest BCUT2D eigenvalue weighted by Gasteiger charge is 2.19. The van der Waals surface area contributed by atoms with E-state index in [0.29, 0.717) is 18.5 Å². The molecule has 0 aliphatic heterocycles. The fraction of sp³-hybridized carbons (Fsp3) is 0.588. The molecule has 2 rings (SSSR count). The molecule has 3 N–H and O–H groups in total. The number of guanidine groups is 1. The van der Waals surface area contributed by atoms with E-state index in [2.05, 4.69) is 15.6 Å². The zero-order chi connectivity index (χ0) is 17.4. The molecule has 5 nitrogen and oxygen atoms in total. The Morgan fingerprint density at radius 1 is 1.28 bits per heavy atom. The molecule has 0 saturated heterocycles. The van der Waals surface area contributed by atoms with Crippen LogP contribution in [-0.4, -0.2) is 42.9 Å². The zero-order valence-electron chi connectivity index (χ0n) is 14.3. The molecule has 0 radical (unpaired) electrons. The van der Waals surface area contributed by atoms with Gasteiger partial charge < -0.3 is 20.5 Å². The largest absolute Gasteiger partial charge is 0.489 e. The summed E-state index contributed by atoms with van der Waals surface area (Å²) < 4.78 is 31.6. The highest BCUT2D eigenvalue weighted by Crippen LogP contribution is 2.18. The lowest BCUT2D eigenvalue weighted by molar-refractivity contribution is 0.120. The van der Waals surface area contributed by atoms with Crippen LogP contribution < -0.4 is 15.4 Å². The van der Waals surface area contributed by atoms with Crippen LogP contribution in [0, 0.1) is 11.6 Å². The van der Waals surface area contributed by atoms with Crippen LogP contribution in [0.1, 0.15) is 32.6 Å². The molecule has 0 atom stereocenters. The molecular formula is C17H26F2IN3O2. The third-order valence-corrected chi connectivity index (χ3v) is 3.89. The number of aliphatic hydroxyl groups is 1. The van der Waals surface area contributed by atoms with E-state index < -0.39 is 11.6 Å². The monoisotopic (exact) mass is 469 g/mol. The Hall–Kier alpha value is -1.16. The lowest BCUT2D eigenvalue weighted by atomic mass is 9.93. The van der Waals surface area contributed by atoms with E-state index in [1.54, 1.807) is 0 Å². The Bertz CT molecular complexity index is 553. The van der Waals surface area contributed by atoms with Crippen molar-refractivity contribution < 1.29 is 18.6 Å². The normalized spacial score (nSPS) is 20.6. The Morgan fingerprint density at radius 2 is 2.00 bits per heavy atom. The maximum atomic E-state index is 13.5. The van der Waals surface area contributed by atoms with Gasteiger partial charge in [-0.3, -0.25) is 0 Å². The highest BCUT2D eigenvalue weighted by atomic mass is 127. The van der Waals surface area contributed by atoms with Gasteiger partial charge in [-0.05, 0) is 44.7 Å².